The largest absolute Gasteiger partial charge is 0.481 e. The van der Waals surface area contributed by atoms with E-state index in [1.807, 2.05) is 24.3 Å². The molecule has 126 valence electrons. The Labute approximate surface area is 151 Å². The zero-order valence-corrected chi connectivity index (χ0v) is 14.5. The zero-order valence-electron chi connectivity index (χ0n) is 13.0. The molecular formula is C18H18Cl2N2O2. The monoisotopic (exact) mass is 364 g/mol. The first kappa shape index (κ1) is 17.2. The predicted molar refractivity (Wildman–Crippen MR) is 94.5 cm³/mol. The van der Waals surface area contributed by atoms with Crippen LogP contribution in [0.2, 0.25) is 10.0 Å². The number of rotatable bonds is 4. The number of aromatic nitrogens is 1. The molecule has 2 heterocycles. The van der Waals surface area contributed by atoms with Crippen LogP contribution in [0.25, 0.3) is 0 Å². The highest BCUT2D eigenvalue weighted by molar-refractivity contribution is 6.42. The molecule has 0 bridgehead atoms. The fourth-order valence-corrected chi connectivity index (χ4v) is 3.71. The fraction of sp³-hybridized carbons (Fsp3) is 0.333. The Bertz CT molecular complexity index is 724. The van der Waals surface area contributed by atoms with E-state index >= 15 is 0 Å². The number of nitrogens with zero attached hydrogens (tertiary/aromatic N) is 2. The third kappa shape index (κ3) is 3.56. The first-order chi connectivity index (χ1) is 11.6. The van der Waals surface area contributed by atoms with Gasteiger partial charge in [-0.25, -0.2) is 0 Å². The average Bonchev–Trinajstić information content (AvgIpc) is 2.60. The van der Waals surface area contributed by atoms with E-state index in [0.717, 1.165) is 24.1 Å². The quantitative estimate of drug-likeness (QED) is 0.879. The van der Waals surface area contributed by atoms with E-state index in [1.165, 1.54) is 0 Å². The van der Waals surface area contributed by atoms with Crippen LogP contribution < -0.4 is 0 Å². The molecule has 1 aromatic heterocycles. The summed E-state index contributed by atoms with van der Waals surface area (Å²) in [6, 6.07) is 9.26. The van der Waals surface area contributed by atoms with Gasteiger partial charge < -0.3 is 5.11 Å². The van der Waals surface area contributed by atoms with Crippen molar-refractivity contribution < 1.29 is 9.90 Å². The SMILES string of the molecule is O=C(O)C1CCCN(C(c2cccnc2)c2cccc(Cl)c2Cl)C1. The van der Waals surface area contributed by atoms with Gasteiger partial charge in [-0.15, -0.1) is 0 Å². The number of likely N-dealkylation sites (tertiary alicyclic amines) is 1. The molecule has 0 saturated carbocycles. The summed E-state index contributed by atoms with van der Waals surface area (Å²) < 4.78 is 0. The lowest BCUT2D eigenvalue weighted by Crippen LogP contribution is -2.41. The van der Waals surface area contributed by atoms with Crippen LogP contribution in [0, 0.1) is 5.92 Å². The number of halogens is 2. The van der Waals surface area contributed by atoms with Gasteiger partial charge in [-0.1, -0.05) is 41.4 Å². The van der Waals surface area contributed by atoms with E-state index < -0.39 is 5.97 Å². The number of hydrogen-bond acceptors (Lipinski definition) is 3. The highest BCUT2D eigenvalue weighted by Gasteiger charge is 2.32. The molecule has 3 rings (SSSR count). The third-order valence-corrected chi connectivity index (χ3v) is 5.28. The minimum absolute atomic E-state index is 0.160. The van der Waals surface area contributed by atoms with E-state index in [2.05, 4.69) is 9.88 Å². The lowest BCUT2D eigenvalue weighted by Gasteiger charge is -2.37. The van der Waals surface area contributed by atoms with Crippen molar-refractivity contribution in [1.29, 1.82) is 0 Å². The summed E-state index contributed by atoms with van der Waals surface area (Å²) in [5, 5.41) is 10.4. The van der Waals surface area contributed by atoms with Crippen LogP contribution >= 0.6 is 23.2 Å². The molecule has 1 N–H and O–H groups in total. The van der Waals surface area contributed by atoms with Gasteiger partial charge in [0.15, 0.2) is 0 Å². The van der Waals surface area contributed by atoms with Crippen LogP contribution in [0.4, 0.5) is 0 Å². The van der Waals surface area contributed by atoms with E-state index in [9.17, 15) is 9.90 Å². The van der Waals surface area contributed by atoms with Crippen LogP contribution in [0.15, 0.2) is 42.7 Å². The first-order valence-electron chi connectivity index (χ1n) is 7.88. The molecule has 1 saturated heterocycles. The normalized spacial score (nSPS) is 19.8. The molecule has 1 aliphatic rings. The van der Waals surface area contributed by atoms with Crippen molar-refractivity contribution in [2.24, 2.45) is 5.92 Å². The van der Waals surface area contributed by atoms with Crippen molar-refractivity contribution in [3.05, 3.63) is 63.9 Å². The maximum Gasteiger partial charge on any atom is 0.307 e. The second kappa shape index (κ2) is 7.51. The summed E-state index contributed by atoms with van der Waals surface area (Å²) in [6.07, 6.45) is 5.06. The first-order valence-corrected chi connectivity index (χ1v) is 8.64. The van der Waals surface area contributed by atoms with Crippen molar-refractivity contribution in [2.75, 3.05) is 13.1 Å². The molecule has 2 aromatic rings. The number of piperidine rings is 1. The third-order valence-electron chi connectivity index (χ3n) is 4.44. The highest BCUT2D eigenvalue weighted by atomic mass is 35.5. The summed E-state index contributed by atoms with van der Waals surface area (Å²) >= 11 is 12.7. The van der Waals surface area contributed by atoms with Gasteiger partial charge in [0, 0.05) is 18.9 Å². The molecule has 1 fully saturated rings. The van der Waals surface area contributed by atoms with Gasteiger partial charge in [0.05, 0.1) is 22.0 Å². The Morgan fingerprint density at radius 3 is 2.83 bits per heavy atom. The van der Waals surface area contributed by atoms with Crippen molar-refractivity contribution >= 4 is 29.2 Å². The van der Waals surface area contributed by atoms with Gasteiger partial charge in [0.25, 0.3) is 0 Å². The lowest BCUT2D eigenvalue weighted by molar-refractivity contribution is -0.143. The van der Waals surface area contributed by atoms with E-state index in [0.29, 0.717) is 23.0 Å². The smallest absolute Gasteiger partial charge is 0.307 e. The molecule has 2 atom stereocenters. The Hall–Kier alpha value is -1.62. The van der Waals surface area contributed by atoms with Crippen LogP contribution in [-0.4, -0.2) is 34.0 Å². The van der Waals surface area contributed by atoms with Gasteiger partial charge in [-0.05, 0) is 42.6 Å². The van der Waals surface area contributed by atoms with Crippen LogP contribution in [0.1, 0.15) is 30.0 Å². The molecule has 6 heteroatoms. The van der Waals surface area contributed by atoms with E-state index in [4.69, 9.17) is 23.2 Å². The molecule has 4 nitrogen and oxygen atoms in total. The summed E-state index contributed by atoms with van der Waals surface area (Å²) in [7, 11) is 0. The minimum atomic E-state index is -0.748. The standard InChI is InChI=1S/C18H18Cl2N2O2/c19-15-7-1-6-14(16(15)20)17(12-4-2-8-21-10-12)22-9-3-5-13(11-22)18(23)24/h1-2,4,6-8,10,13,17H,3,5,9,11H2,(H,23,24). The van der Waals surface area contributed by atoms with Crippen LogP contribution in [-0.2, 0) is 4.79 Å². The Balaban J connectivity index is 2.03. The van der Waals surface area contributed by atoms with Gasteiger partial charge in [-0.3, -0.25) is 14.7 Å². The van der Waals surface area contributed by atoms with Crippen LogP contribution in [0.5, 0.6) is 0 Å². The summed E-state index contributed by atoms with van der Waals surface area (Å²) in [4.78, 5) is 17.8. The molecular weight excluding hydrogens is 347 g/mol. The molecule has 0 radical (unpaired) electrons. The number of carbonyl (C=O) groups is 1. The van der Waals surface area contributed by atoms with Gasteiger partial charge in [0.2, 0.25) is 0 Å². The number of aliphatic carboxylic acids is 1. The van der Waals surface area contributed by atoms with Crippen molar-refractivity contribution in [3.8, 4) is 0 Å². The Kier molecular flexibility index (Phi) is 5.39. The average molecular weight is 365 g/mol. The number of hydrogen-bond donors (Lipinski definition) is 1. The fourth-order valence-electron chi connectivity index (χ4n) is 3.30. The number of benzene rings is 1. The zero-order chi connectivity index (χ0) is 17.1. The van der Waals surface area contributed by atoms with Gasteiger partial charge >= 0.3 is 5.97 Å². The second-order valence-corrected chi connectivity index (χ2v) is 6.79. The Morgan fingerprint density at radius 2 is 2.12 bits per heavy atom. The van der Waals surface area contributed by atoms with E-state index in [-0.39, 0.29) is 12.0 Å². The topological polar surface area (TPSA) is 53.4 Å². The molecule has 0 spiro atoms. The predicted octanol–water partition coefficient (Wildman–Crippen LogP) is 4.27. The molecule has 24 heavy (non-hydrogen) atoms. The number of carboxylic acid groups (broad SMARTS) is 1. The summed E-state index contributed by atoms with van der Waals surface area (Å²) in [6.45, 7) is 1.30. The number of carboxylic acids is 1. The Morgan fingerprint density at radius 1 is 1.29 bits per heavy atom. The molecule has 0 amide bonds. The molecule has 1 aromatic carbocycles. The van der Waals surface area contributed by atoms with Gasteiger partial charge in [-0.2, -0.15) is 0 Å². The highest BCUT2D eigenvalue weighted by Crippen LogP contribution is 2.38. The second-order valence-electron chi connectivity index (χ2n) is 6.00. The minimum Gasteiger partial charge on any atom is -0.481 e. The van der Waals surface area contributed by atoms with E-state index in [1.54, 1.807) is 18.5 Å². The van der Waals surface area contributed by atoms with Crippen LogP contribution in [0.3, 0.4) is 0 Å². The van der Waals surface area contributed by atoms with Crippen molar-refractivity contribution in [2.45, 2.75) is 18.9 Å². The number of pyridine rings is 1. The lowest BCUT2D eigenvalue weighted by atomic mass is 9.92. The van der Waals surface area contributed by atoms with Crippen molar-refractivity contribution in [3.63, 3.8) is 0 Å². The maximum absolute atomic E-state index is 11.4. The van der Waals surface area contributed by atoms with Gasteiger partial charge in [0.1, 0.15) is 0 Å². The summed E-state index contributed by atoms with van der Waals surface area (Å²) in [5.74, 6) is -1.11. The maximum atomic E-state index is 11.4. The molecule has 1 aliphatic heterocycles. The van der Waals surface area contributed by atoms with Crippen molar-refractivity contribution in [1.82, 2.24) is 9.88 Å². The molecule has 0 aliphatic carbocycles. The molecule has 2 unspecified atom stereocenters. The summed E-state index contributed by atoms with van der Waals surface area (Å²) in [5.41, 5.74) is 1.86.